The number of para-hydroxylation sites is 2. The number of anilines is 1. The monoisotopic (exact) mass is 444 g/mol. The number of aromatic nitrogens is 2. The molecule has 0 unspecified atom stereocenters. The van der Waals surface area contributed by atoms with Gasteiger partial charge in [0, 0.05) is 23.8 Å². The molecule has 2 aromatic carbocycles. The molecule has 2 aromatic heterocycles. The van der Waals surface area contributed by atoms with Crippen LogP contribution in [0.1, 0.15) is 35.0 Å². The van der Waals surface area contributed by atoms with Gasteiger partial charge in [-0.05, 0) is 55.0 Å². The maximum atomic E-state index is 13.1. The van der Waals surface area contributed by atoms with Crippen LogP contribution in [-0.4, -0.2) is 39.4 Å². The highest BCUT2D eigenvalue weighted by Gasteiger charge is 2.25. The second-order valence-electron chi connectivity index (χ2n) is 8.01. The summed E-state index contributed by atoms with van der Waals surface area (Å²) in [5.74, 6) is 0.376. The standard InChI is InChI=1S/C25H24N4O2S/c1-2-23(30)28-14-7-9-18(13-15-28)29-20-11-5-4-10-19(20)26-25(29)27-24(31)22-16-17-8-3-6-12-21(17)32-22/h2-6,8,10-12,16,18H,1,7,9,13-15H2,(H,26,27,31)/t18-/m1/s1. The van der Waals surface area contributed by atoms with Gasteiger partial charge < -0.3 is 9.47 Å². The number of nitrogens with one attached hydrogen (secondary N) is 1. The van der Waals surface area contributed by atoms with E-state index in [0.717, 1.165) is 46.9 Å². The number of likely N-dealkylation sites (tertiary alicyclic amines) is 1. The molecule has 6 nitrogen and oxygen atoms in total. The molecule has 1 N–H and O–H groups in total. The summed E-state index contributed by atoms with van der Waals surface area (Å²) in [4.78, 5) is 32.5. The highest BCUT2D eigenvalue weighted by atomic mass is 32.1. The van der Waals surface area contributed by atoms with Gasteiger partial charge in [0.2, 0.25) is 11.9 Å². The first kappa shape index (κ1) is 20.5. The number of rotatable bonds is 4. The summed E-state index contributed by atoms with van der Waals surface area (Å²) in [6.45, 7) is 4.99. The zero-order valence-electron chi connectivity index (χ0n) is 17.7. The first-order valence-corrected chi connectivity index (χ1v) is 11.6. The lowest BCUT2D eigenvalue weighted by Gasteiger charge is -2.21. The summed E-state index contributed by atoms with van der Waals surface area (Å²) in [5.41, 5.74) is 1.84. The van der Waals surface area contributed by atoms with E-state index in [-0.39, 0.29) is 17.9 Å². The summed E-state index contributed by atoms with van der Waals surface area (Å²) in [7, 11) is 0. The summed E-state index contributed by atoms with van der Waals surface area (Å²) in [6, 6.07) is 18.0. The maximum Gasteiger partial charge on any atom is 0.268 e. The fraction of sp³-hybridized carbons (Fsp3) is 0.240. The van der Waals surface area contributed by atoms with E-state index in [1.807, 2.05) is 59.5 Å². The van der Waals surface area contributed by atoms with Gasteiger partial charge in [-0.3, -0.25) is 14.9 Å². The number of imidazole rings is 1. The van der Waals surface area contributed by atoms with Crippen molar-refractivity contribution >= 4 is 50.2 Å². The van der Waals surface area contributed by atoms with Gasteiger partial charge in [0.1, 0.15) is 0 Å². The van der Waals surface area contributed by atoms with E-state index in [0.29, 0.717) is 17.4 Å². The van der Waals surface area contributed by atoms with E-state index in [9.17, 15) is 9.59 Å². The number of thiophene rings is 1. The highest BCUT2D eigenvalue weighted by molar-refractivity contribution is 7.20. The minimum atomic E-state index is -0.153. The largest absolute Gasteiger partial charge is 0.339 e. The number of carbonyl (C=O) groups excluding carboxylic acids is 2. The lowest BCUT2D eigenvalue weighted by atomic mass is 10.1. The minimum Gasteiger partial charge on any atom is -0.339 e. The number of fused-ring (bicyclic) bond motifs is 2. The van der Waals surface area contributed by atoms with Crippen LogP contribution in [0.5, 0.6) is 0 Å². The van der Waals surface area contributed by atoms with Crippen LogP contribution < -0.4 is 5.32 Å². The molecule has 32 heavy (non-hydrogen) atoms. The van der Waals surface area contributed by atoms with Gasteiger partial charge in [-0.1, -0.05) is 36.9 Å². The zero-order chi connectivity index (χ0) is 22.1. The molecule has 0 bridgehead atoms. The molecule has 0 aliphatic carbocycles. The summed E-state index contributed by atoms with van der Waals surface area (Å²) < 4.78 is 3.23. The SMILES string of the molecule is C=CC(=O)N1CCC[C@@H](n2c(NC(=O)c3cc4ccccc4s3)nc3ccccc32)CC1. The molecule has 0 saturated carbocycles. The van der Waals surface area contributed by atoms with E-state index in [4.69, 9.17) is 4.98 Å². The number of benzene rings is 2. The van der Waals surface area contributed by atoms with Gasteiger partial charge in [-0.2, -0.15) is 0 Å². The average molecular weight is 445 g/mol. The number of carbonyl (C=O) groups is 2. The molecule has 0 spiro atoms. The van der Waals surface area contributed by atoms with Crippen LogP contribution in [0.3, 0.4) is 0 Å². The Balaban J connectivity index is 1.47. The van der Waals surface area contributed by atoms with Gasteiger partial charge in [-0.15, -0.1) is 11.3 Å². The van der Waals surface area contributed by atoms with Crippen molar-refractivity contribution in [3.63, 3.8) is 0 Å². The smallest absolute Gasteiger partial charge is 0.268 e. The van der Waals surface area contributed by atoms with Crippen LogP contribution in [0, 0.1) is 0 Å². The van der Waals surface area contributed by atoms with E-state index in [2.05, 4.69) is 16.5 Å². The van der Waals surface area contributed by atoms with Gasteiger partial charge in [-0.25, -0.2) is 4.98 Å². The molecular weight excluding hydrogens is 420 g/mol. The minimum absolute atomic E-state index is 0.0283. The Morgan fingerprint density at radius 2 is 1.91 bits per heavy atom. The van der Waals surface area contributed by atoms with E-state index < -0.39 is 0 Å². The Labute approximate surface area is 190 Å². The Hall–Kier alpha value is -3.45. The zero-order valence-corrected chi connectivity index (χ0v) is 18.5. The third-order valence-corrected chi connectivity index (χ3v) is 7.13. The number of hydrogen-bond acceptors (Lipinski definition) is 4. The molecule has 3 heterocycles. The third-order valence-electron chi connectivity index (χ3n) is 6.02. The van der Waals surface area contributed by atoms with Crippen LogP contribution in [0.4, 0.5) is 5.95 Å². The highest BCUT2D eigenvalue weighted by Crippen LogP contribution is 2.32. The molecular formula is C25H24N4O2S. The van der Waals surface area contributed by atoms with Crippen molar-refractivity contribution in [2.75, 3.05) is 18.4 Å². The number of nitrogens with zero attached hydrogens (tertiary/aromatic N) is 3. The van der Waals surface area contributed by atoms with Gasteiger partial charge in [0.05, 0.1) is 15.9 Å². The summed E-state index contributed by atoms with van der Waals surface area (Å²) in [6.07, 6.45) is 3.97. The van der Waals surface area contributed by atoms with Crippen LogP contribution in [0.15, 0.2) is 67.3 Å². The number of amides is 2. The van der Waals surface area contributed by atoms with Crippen molar-refractivity contribution < 1.29 is 9.59 Å². The van der Waals surface area contributed by atoms with Gasteiger partial charge in [0.15, 0.2) is 0 Å². The predicted molar refractivity (Wildman–Crippen MR) is 129 cm³/mol. The first-order valence-electron chi connectivity index (χ1n) is 10.8. The van der Waals surface area contributed by atoms with Crippen molar-refractivity contribution in [3.8, 4) is 0 Å². The lowest BCUT2D eigenvalue weighted by molar-refractivity contribution is -0.125. The van der Waals surface area contributed by atoms with E-state index in [1.54, 1.807) is 0 Å². The molecule has 1 fully saturated rings. The topological polar surface area (TPSA) is 67.2 Å². The molecule has 5 rings (SSSR count). The molecule has 1 aliphatic heterocycles. The Bertz CT molecular complexity index is 1290. The quantitative estimate of drug-likeness (QED) is 0.438. The molecule has 7 heteroatoms. The molecule has 162 valence electrons. The fourth-order valence-corrected chi connectivity index (χ4v) is 5.40. The Morgan fingerprint density at radius 3 is 2.75 bits per heavy atom. The Kier molecular flexibility index (Phi) is 5.49. The third kappa shape index (κ3) is 3.80. The van der Waals surface area contributed by atoms with Crippen LogP contribution >= 0.6 is 11.3 Å². The Morgan fingerprint density at radius 1 is 1.09 bits per heavy atom. The van der Waals surface area contributed by atoms with Crippen LogP contribution in [0.2, 0.25) is 0 Å². The fourth-order valence-electron chi connectivity index (χ4n) is 4.45. The molecule has 2 amide bonds. The van der Waals surface area contributed by atoms with Gasteiger partial charge in [0.25, 0.3) is 5.91 Å². The van der Waals surface area contributed by atoms with Crippen molar-refractivity contribution in [1.82, 2.24) is 14.5 Å². The van der Waals surface area contributed by atoms with E-state index in [1.165, 1.54) is 17.4 Å². The van der Waals surface area contributed by atoms with Crippen molar-refractivity contribution in [1.29, 1.82) is 0 Å². The molecule has 0 radical (unpaired) electrons. The second kappa shape index (κ2) is 8.59. The number of hydrogen-bond donors (Lipinski definition) is 1. The summed E-state index contributed by atoms with van der Waals surface area (Å²) >= 11 is 1.48. The molecule has 1 atom stereocenters. The average Bonchev–Trinajstić information content (AvgIpc) is 3.32. The molecule has 1 aliphatic rings. The lowest BCUT2D eigenvalue weighted by Crippen LogP contribution is -2.30. The predicted octanol–water partition coefficient (Wildman–Crippen LogP) is 5.24. The second-order valence-corrected chi connectivity index (χ2v) is 9.09. The molecule has 1 saturated heterocycles. The van der Waals surface area contributed by atoms with Crippen LogP contribution in [-0.2, 0) is 4.79 Å². The van der Waals surface area contributed by atoms with E-state index >= 15 is 0 Å². The normalized spacial score (nSPS) is 16.8. The maximum absolute atomic E-state index is 13.1. The summed E-state index contributed by atoms with van der Waals surface area (Å²) in [5, 5.41) is 4.13. The van der Waals surface area contributed by atoms with Gasteiger partial charge >= 0.3 is 0 Å². The van der Waals surface area contributed by atoms with Crippen molar-refractivity contribution in [2.45, 2.75) is 25.3 Å². The van der Waals surface area contributed by atoms with Crippen LogP contribution in [0.25, 0.3) is 21.1 Å². The first-order chi connectivity index (χ1) is 15.6. The van der Waals surface area contributed by atoms with Crippen molar-refractivity contribution in [3.05, 3.63) is 72.1 Å². The molecule has 4 aromatic rings. The van der Waals surface area contributed by atoms with Crippen molar-refractivity contribution in [2.24, 2.45) is 0 Å².